The van der Waals surface area contributed by atoms with Gasteiger partial charge in [-0.25, -0.2) is 5.43 Å². The van der Waals surface area contributed by atoms with Crippen molar-refractivity contribution >= 4 is 18.0 Å². The average Bonchev–Trinajstić information content (AvgIpc) is 3.26. The Kier molecular flexibility index (Phi) is 7.35. The number of hydrogen-bond donors (Lipinski definition) is 2. The molecule has 0 radical (unpaired) electrons. The van der Waals surface area contributed by atoms with E-state index in [9.17, 15) is 9.59 Å². The first-order valence-electron chi connectivity index (χ1n) is 9.61. The molecule has 7 heteroatoms. The van der Waals surface area contributed by atoms with Crippen LogP contribution in [0.25, 0.3) is 0 Å². The van der Waals surface area contributed by atoms with Crippen LogP contribution in [-0.4, -0.2) is 37.3 Å². The summed E-state index contributed by atoms with van der Waals surface area (Å²) >= 11 is 0. The van der Waals surface area contributed by atoms with E-state index < -0.39 is 11.8 Å². The number of carbonyl (C=O) groups is 2. The van der Waals surface area contributed by atoms with Crippen LogP contribution in [0.5, 0.6) is 5.75 Å². The average molecular weight is 395 g/mol. The molecular weight excluding hydrogens is 370 g/mol. The van der Waals surface area contributed by atoms with Crippen LogP contribution >= 0.6 is 0 Å². The quantitative estimate of drug-likeness (QED) is 0.428. The molecule has 1 aliphatic rings. The second-order valence-electron chi connectivity index (χ2n) is 6.89. The molecule has 2 aromatic rings. The van der Waals surface area contributed by atoms with Crippen LogP contribution in [0, 0.1) is 6.92 Å². The zero-order chi connectivity index (χ0) is 20.5. The highest BCUT2D eigenvalue weighted by Gasteiger charge is 2.18. The summed E-state index contributed by atoms with van der Waals surface area (Å²) in [4.78, 5) is 23.5. The second-order valence-corrected chi connectivity index (χ2v) is 6.89. The number of hydrogen-bond acceptors (Lipinski definition) is 5. The molecule has 0 spiro atoms. The van der Waals surface area contributed by atoms with Crippen molar-refractivity contribution in [3.8, 4) is 5.75 Å². The number of nitrogens with one attached hydrogen (secondary N) is 2. The third kappa shape index (κ3) is 6.73. The predicted molar refractivity (Wildman–Crippen MR) is 110 cm³/mol. The molecule has 3 rings (SSSR count). The van der Waals surface area contributed by atoms with Crippen molar-refractivity contribution in [1.29, 1.82) is 0 Å². The second kappa shape index (κ2) is 10.4. The Balaban J connectivity index is 1.40. The van der Waals surface area contributed by atoms with Gasteiger partial charge in [0.15, 0.2) is 0 Å². The van der Waals surface area contributed by atoms with E-state index in [2.05, 4.69) is 28.0 Å². The van der Waals surface area contributed by atoms with Gasteiger partial charge in [0.2, 0.25) is 0 Å². The van der Waals surface area contributed by atoms with Crippen LogP contribution in [-0.2, 0) is 20.9 Å². The number of amides is 2. The molecule has 2 N–H and O–H groups in total. The topological polar surface area (TPSA) is 89.0 Å². The molecular formula is C22H25N3O4. The maximum absolute atomic E-state index is 11.7. The molecule has 7 nitrogen and oxygen atoms in total. The Morgan fingerprint density at radius 3 is 2.59 bits per heavy atom. The first kappa shape index (κ1) is 20.5. The fourth-order valence-corrected chi connectivity index (χ4v) is 2.81. The molecule has 152 valence electrons. The minimum Gasteiger partial charge on any atom is -0.489 e. The van der Waals surface area contributed by atoms with Gasteiger partial charge in [-0.15, -0.1) is 0 Å². The lowest BCUT2D eigenvalue weighted by Crippen LogP contribution is -2.41. The van der Waals surface area contributed by atoms with Crippen molar-refractivity contribution in [3.05, 3.63) is 65.2 Å². The highest BCUT2D eigenvalue weighted by atomic mass is 16.5. The normalized spacial score (nSPS) is 16.0. The molecule has 2 amide bonds. The summed E-state index contributed by atoms with van der Waals surface area (Å²) in [7, 11) is 0. The maximum atomic E-state index is 11.7. The molecule has 0 aliphatic carbocycles. The molecule has 0 saturated carbocycles. The predicted octanol–water partition coefficient (Wildman–Crippen LogP) is 2.32. The van der Waals surface area contributed by atoms with Crippen LogP contribution in [0.1, 0.15) is 29.5 Å². The largest absolute Gasteiger partial charge is 0.489 e. The number of nitrogens with zero attached hydrogens (tertiary/aromatic N) is 1. The molecule has 2 aromatic carbocycles. The van der Waals surface area contributed by atoms with Gasteiger partial charge < -0.3 is 14.8 Å². The van der Waals surface area contributed by atoms with E-state index in [4.69, 9.17) is 9.47 Å². The Labute approximate surface area is 170 Å². The zero-order valence-corrected chi connectivity index (χ0v) is 16.4. The van der Waals surface area contributed by atoms with Crippen molar-refractivity contribution in [1.82, 2.24) is 10.7 Å². The third-order valence-electron chi connectivity index (χ3n) is 4.51. The SMILES string of the molecule is Cc1ccc(COc2ccc(/C=N\NC(=O)C(=O)NC[C@@H]3CCCO3)cc2)cc1. The van der Waals surface area contributed by atoms with Crippen LogP contribution in [0.3, 0.4) is 0 Å². The van der Waals surface area contributed by atoms with Gasteiger partial charge in [-0.05, 0) is 55.2 Å². The molecule has 0 unspecified atom stereocenters. The summed E-state index contributed by atoms with van der Waals surface area (Å²) in [6, 6.07) is 15.5. The van der Waals surface area contributed by atoms with E-state index in [-0.39, 0.29) is 6.10 Å². The van der Waals surface area contributed by atoms with Gasteiger partial charge in [-0.3, -0.25) is 9.59 Å². The van der Waals surface area contributed by atoms with Crippen molar-refractivity contribution in [2.75, 3.05) is 13.2 Å². The van der Waals surface area contributed by atoms with Crippen molar-refractivity contribution < 1.29 is 19.1 Å². The molecule has 1 atom stereocenters. The first-order valence-corrected chi connectivity index (χ1v) is 9.61. The molecule has 1 saturated heterocycles. The van der Waals surface area contributed by atoms with Crippen LogP contribution in [0.15, 0.2) is 53.6 Å². The lowest BCUT2D eigenvalue weighted by molar-refractivity contribution is -0.139. The summed E-state index contributed by atoms with van der Waals surface area (Å²) in [5.41, 5.74) is 5.30. The highest BCUT2D eigenvalue weighted by molar-refractivity contribution is 6.35. The maximum Gasteiger partial charge on any atom is 0.329 e. The minimum atomic E-state index is -0.808. The van der Waals surface area contributed by atoms with E-state index in [0.717, 1.165) is 29.7 Å². The molecule has 1 heterocycles. The van der Waals surface area contributed by atoms with Gasteiger partial charge in [0.1, 0.15) is 12.4 Å². The van der Waals surface area contributed by atoms with E-state index >= 15 is 0 Å². The smallest absolute Gasteiger partial charge is 0.329 e. The minimum absolute atomic E-state index is 0.0120. The molecule has 1 aliphatic heterocycles. The Morgan fingerprint density at radius 1 is 1.14 bits per heavy atom. The van der Waals surface area contributed by atoms with Crippen molar-refractivity contribution in [2.45, 2.75) is 32.5 Å². The van der Waals surface area contributed by atoms with Crippen LogP contribution in [0.4, 0.5) is 0 Å². The van der Waals surface area contributed by atoms with Gasteiger partial charge >= 0.3 is 11.8 Å². The van der Waals surface area contributed by atoms with Gasteiger partial charge in [0.25, 0.3) is 0 Å². The Morgan fingerprint density at radius 2 is 1.90 bits per heavy atom. The van der Waals surface area contributed by atoms with Gasteiger partial charge in [-0.1, -0.05) is 29.8 Å². The van der Waals surface area contributed by atoms with Crippen LogP contribution < -0.4 is 15.5 Å². The summed E-state index contributed by atoms with van der Waals surface area (Å²) in [5.74, 6) is -0.796. The van der Waals surface area contributed by atoms with E-state index in [1.807, 2.05) is 43.3 Å². The lowest BCUT2D eigenvalue weighted by Gasteiger charge is -2.09. The van der Waals surface area contributed by atoms with Crippen LogP contribution in [0.2, 0.25) is 0 Å². The van der Waals surface area contributed by atoms with Crippen molar-refractivity contribution in [2.24, 2.45) is 5.10 Å². The van der Waals surface area contributed by atoms with E-state index in [0.29, 0.717) is 19.8 Å². The first-order chi connectivity index (χ1) is 14.1. The number of rotatable bonds is 7. The molecule has 0 bridgehead atoms. The standard InChI is InChI=1S/C22H25N3O4/c1-16-4-6-18(7-5-16)15-29-19-10-8-17(9-11-19)13-24-25-22(27)21(26)23-14-20-3-2-12-28-20/h4-11,13,20H,2-3,12,14-15H2,1H3,(H,23,26)(H,25,27)/b24-13-/t20-/m0/s1. The summed E-state index contributed by atoms with van der Waals surface area (Å²) < 4.78 is 11.1. The number of hydrazone groups is 1. The summed E-state index contributed by atoms with van der Waals surface area (Å²) in [6.07, 6.45) is 3.33. The fraction of sp³-hybridized carbons (Fsp3) is 0.318. The molecule has 0 aromatic heterocycles. The van der Waals surface area contributed by atoms with Crippen molar-refractivity contribution in [3.63, 3.8) is 0 Å². The van der Waals surface area contributed by atoms with Gasteiger partial charge in [0.05, 0.1) is 12.3 Å². The molecule has 1 fully saturated rings. The number of aryl methyl sites for hydroxylation is 1. The number of benzene rings is 2. The van der Waals surface area contributed by atoms with E-state index in [1.165, 1.54) is 11.8 Å². The number of carbonyl (C=O) groups excluding carboxylic acids is 2. The van der Waals surface area contributed by atoms with Gasteiger partial charge in [0, 0.05) is 13.2 Å². The van der Waals surface area contributed by atoms with E-state index in [1.54, 1.807) is 0 Å². The zero-order valence-electron chi connectivity index (χ0n) is 16.4. The molecule has 29 heavy (non-hydrogen) atoms. The Bertz CT molecular complexity index is 841. The monoisotopic (exact) mass is 395 g/mol. The third-order valence-corrected chi connectivity index (χ3v) is 4.51. The number of ether oxygens (including phenoxy) is 2. The lowest BCUT2D eigenvalue weighted by atomic mass is 10.2. The summed E-state index contributed by atoms with van der Waals surface area (Å²) in [5, 5.41) is 6.36. The van der Waals surface area contributed by atoms with Gasteiger partial charge in [-0.2, -0.15) is 5.10 Å². The summed E-state index contributed by atoms with van der Waals surface area (Å²) in [6.45, 7) is 3.57. The highest BCUT2D eigenvalue weighted by Crippen LogP contribution is 2.14. The fourth-order valence-electron chi connectivity index (χ4n) is 2.81. The Hall–Kier alpha value is -3.19.